The van der Waals surface area contributed by atoms with Crippen LogP contribution in [-0.2, 0) is 19.5 Å². The molecule has 0 fully saturated rings. The Morgan fingerprint density at radius 1 is 1.11 bits per heavy atom. The highest BCUT2D eigenvalue weighted by Gasteiger charge is 1.99. The van der Waals surface area contributed by atoms with Crippen molar-refractivity contribution in [2.24, 2.45) is 0 Å². The Hall–Kier alpha value is -1.19. The minimum absolute atomic E-state index is 0.838. The number of benzene rings is 1. The van der Waals surface area contributed by atoms with Gasteiger partial charge >= 0.3 is 0 Å². The van der Waals surface area contributed by atoms with Crippen LogP contribution in [0.25, 0.3) is 0 Å². The molecule has 0 saturated heterocycles. The molecular formula is C15H17BrN2. The maximum atomic E-state index is 4.16. The van der Waals surface area contributed by atoms with E-state index < -0.39 is 0 Å². The highest BCUT2D eigenvalue weighted by molar-refractivity contribution is 9.10. The van der Waals surface area contributed by atoms with Crippen LogP contribution in [0, 0.1) is 0 Å². The van der Waals surface area contributed by atoms with Crippen LogP contribution in [0.15, 0.2) is 47.2 Å². The Morgan fingerprint density at radius 2 is 1.89 bits per heavy atom. The summed E-state index contributed by atoms with van der Waals surface area (Å²) in [6, 6.07) is 10.7. The molecule has 1 aromatic heterocycles. The number of aromatic nitrogens is 1. The average molecular weight is 305 g/mol. The zero-order chi connectivity index (χ0) is 12.8. The standard InChI is InChI=1S/C15H17BrN2/c1-2-13-5-3-4-6-14(13)10-17-8-12-7-15(16)11-18-9-12/h3-7,9,11,17H,2,8,10H2,1H3. The molecule has 0 unspecified atom stereocenters. The fourth-order valence-electron chi connectivity index (χ4n) is 1.97. The highest BCUT2D eigenvalue weighted by Crippen LogP contribution is 2.11. The van der Waals surface area contributed by atoms with Crippen LogP contribution in [-0.4, -0.2) is 4.98 Å². The molecule has 0 aliphatic carbocycles. The van der Waals surface area contributed by atoms with Crippen LogP contribution in [0.2, 0.25) is 0 Å². The lowest BCUT2D eigenvalue weighted by Crippen LogP contribution is -2.14. The summed E-state index contributed by atoms with van der Waals surface area (Å²) < 4.78 is 1.02. The van der Waals surface area contributed by atoms with Gasteiger partial charge in [-0.1, -0.05) is 31.2 Å². The van der Waals surface area contributed by atoms with Crippen molar-refractivity contribution in [3.63, 3.8) is 0 Å². The quantitative estimate of drug-likeness (QED) is 0.911. The van der Waals surface area contributed by atoms with E-state index in [9.17, 15) is 0 Å². The summed E-state index contributed by atoms with van der Waals surface area (Å²) >= 11 is 3.43. The van der Waals surface area contributed by atoms with E-state index in [4.69, 9.17) is 0 Å². The molecule has 2 rings (SSSR count). The van der Waals surface area contributed by atoms with Crippen LogP contribution < -0.4 is 5.32 Å². The van der Waals surface area contributed by atoms with Gasteiger partial charge in [0.1, 0.15) is 0 Å². The fourth-order valence-corrected chi connectivity index (χ4v) is 2.38. The summed E-state index contributed by atoms with van der Waals surface area (Å²) in [5, 5.41) is 3.46. The Labute approximate surface area is 117 Å². The Kier molecular flexibility index (Phi) is 4.90. The third-order valence-electron chi connectivity index (χ3n) is 2.91. The number of halogens is 1. The second-order valence-electron chi connectivity index (χ2n) is 4.24. The minimum Gasteiger partial charge on any atom is -0.309 e. The first-order chi connectivity index (χ1) is 8.79. The molecule has 1 N–H and O–H groups in total. The molecule has 0 bridgehead atoms. The van der Waals surface area contributed by atoms with Gasteiger partial charge in [-0.25, -0.2) is 0 Å². The van der Waals surface area contributed by atoms with Crippen LogP contribution in [0.1, 0.15) is 23.6 Å². The maximum Gasteiger partial charge on any atom is 0.0410 e. The molecular weight excluding hydrogens is 288 g/mol. The summed E-state index contributed by atoms with van der Waals surface area (Å²) in [5.41, 5.74) is 3.98. The molecule has 0 atom stereocenters. The number of hydrogen-bond donors (Lipinski definition) is 1. The summed E-state index contributed by atoms with van der Waals surface area (Å²) in [6.45, 7) is 3.93. The minimum atomic E-state index is 0.838. The van der Waals surface area contributed by atoms with Crippen molar-refractivity contribution in [3.8, 4) is 0 Å². The molecule has 1 heterocycles. The Balaban J connectivity index is 1.92. The molecule has 2 nitrogen and oxygen atoms in total. The van der Waals surface area contributed by atoms with Crippen LogP contribution in [0.5, 0.6) is 0 Å². The van der Waals surface area contributed by atoms with Gasteiger partial charge in [0.15, 0.2) is 0 Å². The van der Waals surface area contributed by atoms with E-state index in [1.807, 2.05) is 6.20 Å². The van der Waals surface area contributed by atoms with Crippen molar-refractivity contribution < 1.29 is 0 Å². The third-order valence-corrected chi connectivity index (χ3v) is 3.34. The van der Waals surface area contributed by atoms with Gasteiger partial charge in [0.25, 0.3) is 0 Å². The number of nitrogens with one attached hydrogen (secondary N) is 1. The first kappa shape index (κ1) is 13.2. The molecule has 0 spiro atoms. The Bertz CT molecular complexity index is 511. The summed E-state index contributed by atoms with van der Waals surface area (Å²) in [7, 11) is 0. The molecule has 94 valence electrons. The Morgan fingerprint density at radius 3 is 2.61 bits per heavy atom. The molecule has 0 radical (unpaired) electrons. The SMILES string of the molecule is CCc1ccccc1CNCc1cncc(Br)c1. The number of aryl methyl sites for hydroxylation is 1. The largest absolute Gasteiger partial charge is 0.309 e. The lowest BCUT2D eigenvalue weighted by atomic mass is 10.1. The van der Waals surface area contributed by atoms with Gasteiger partial charge < -0.3 is 5.32 Å². The van der Waals surface area contributed by atoms with Gasteiger partial charge in [0, 0.05) is 30.0 Å². The molecule has 3 heteroatoms. The summed E-state index contributed by atoms with van der Waals surface area (Å²) in [4.78, 5) is 4.16. The summed E-state index contributed by atoms with van der Waals surface area (Å²) in [5.74, 6) is 0. The van der Waals surface area contributed by atoms with Gasteiger partial charge in [0.05, 0.1) is 0 Å². The van der Waals surface area contributed by atoms with Crippen molar-refractivity contribution >= 4 is 15.9 Å². The molecule has 18 heavy (non-hydrogen) atoms. The van der Waals surface area contributed by atoms with Crippen molar-refractivity contribution in [2.45, 2.75) is 26.4 Å². The average Bonchev–Trinajstić information content (AvgIpc) is 2.39. The van der Waals surface area contributed by atoms with Crippen molar-refractivity contribution in [2.75, 3.05) is 0 Å². The van der Waals surface area contributed by atoms with E-state index in [0.717, 1.165) is 24.0 Å². The van der Waals surface area contributed by atoms with Crippen LogP contribution in [0.4, 0.5) is 0 Å². The van der Waals surface area contributed by atoms with Gasteiger partial charge in [-0.2, -0.15) is 0 Å². The van der Waals surface area contributed by atoms with Gasteiger partial charge in [-0.3, -0.25) is 4.98 Å². The number of nitrogens with zero attached hydrogens (tertiary/aromatic N) is 1. The predicted octanol–water partition coefficient (Wildman–Crippen LogP) is 3.70. The predicted molar refractivity (Wildman–Crippen MR) is 78.3 cm³/mol. The van der Waals surface area contributed by atoms with Crippen LogP contribution in [0.3, 0.4) is 0 Å². The third kappa shape index (κ3) is 3.65. The number of pyridine rings is 1. The highest BCUT2D eigenvalue weighted by atomic mass is 79.9. The van der Waals surface area contributed by atoms with Crippen molar-refractivity contribution in [3.05, 3.63) is 63.9 Å². The van der Waals surface area contributed by atoms with E-state index in [1.165, 1.54) is 16.7 Å². The van der Waals surface area contributed by atoms with Gasteiger partial charge in [0.2, 0.25) is 0 Å². The second kappa shape index (κ2) is 6.66. The first-order valence-corrected chi connectivity index (χ1v) is 6.96. The van der Waals surface area contributed by atoms with Gasteiger partial charge in [-0.05, 0) is 45.1 Å². The topological polar surface area (TPSA) is 24.9 Å². The summed E-state index contributed by atoms with van der Waals surface area (Å²) in [6.07, 6.45) is 4.77. The number of rotatable bonds is 5. The lowest BCUT2D eigenvalue weighted by Gasteiger charge is -2.09. The van der Waals surface area contributed by atoms with E-state index in [1.54, 1.807) is 6.20 Å². The van der Waals surface area contributed by atoms with E-state index >= 15 is 0 Å². The molecule has 0 aliphatic rings. The monoisotopic (exact) mass is 304 g/mol. The second-order valence-corrected chi connectivity index (χ2v) is 5.15. The van der Waals surface area contributed by atoms with E-state index in [2.05, 4.69) is 63.5 Å². The van der Waals surface area contributed by atoms with Gasteiger partial charge in [-0.15, -0.1) is 0 Å². The lowest BCUT2D eigenvalue weighted by molar-refractivity contribution is 0.686. The number of hydrogen-bond acceptors (Lipinski definition) is 2. The van der Waals surface area contributed by atoms with Crippen LogP contribution >= 0.6 is 15.9 Å². The maximum absolute atomic E-state index is 4.16. The first-order valence-electron chi connectivity index (χ1n) is 6.16. The molecule has 0 aliphatic heterocycles. The molecule has 2 aromatic rings. The van der Waals surface area contributed by atoms with E-state index in [0.29, 0.717) is 0 Å². The zero-order valence-corrected chi connectivity index (χ0v) is 12.1. The molecule has 0 amide bonds. The van der Waals surface area contributed by atoms with E-state index in [-0.39, 0.29) is 0 Å². The fraction of sp³-hybridized carbons (Fsp3) is 0.267. The molecule has 1 aromatic carbocycles. The zero-order valence-electron chi connectivity index (χ0n) is 10.5. The normalized spacial score (nSPS) is 10.6. The smallest absolute Gasteiger partial charge is 0.0410 e. The van der Waals surface area contributed by atoms with Crippen molar-refractivity contribution in [1.82, 2.24) is 10.3 Å². The van der Waals surface area contributed by atoms with Crippen molar-refractivity contribution in [1.29, 1.82) is 0 Å². The molecule has 0 saturated carbocycles.